The Kier molecular flexibility index (Phi) is 4.94. The van der Waals surface area contributed by atoms with Crippen LogP contribution in [-0.4, -0.2) is 67.4 Å². The Hall–Kier alpha value is -1.93. The number of carbonyl (C=O) groups is 3. The number of rotatable bonds is 2. The van der Waals surface area contributed by atoms with Crippen LogP contribution in [0.5, 0.6) is 0 Å². The molecule has 8 heteroatoms. The highest BCUT2D eigenvalue weighted by atomic mass is 32.1. The highest BCUT2D eigenvalue weighted by Crippen LogP contribution is 2.41. The summed E-state index contributed by atoms with van der Waals surface area (Å²) in [6.45, 7) is 5.04. The molecule has 0 unspecified atom stereocenters. The summed E-state index contributed by atoms with van der Waals surface area (Å²) in [5, 5.41) is 0.752. The van der Waals surface area contributed by atoms with Gasteiger partial charge in [-0.15, -0.1) is 11.3 Å². The molecule has 0 aliphatic carbocycles. The number of amides is 3. The lowest BCUT2D eigenvalue weighted by atomic mass is 9.96. The van der Waals surface area contributed by atoms with Gasteiger partial charge in [-0.3, -0.25) is 14.4 Å². The summed E-state index contributed by atoms with van der Waals surface area (Å²) >= 11 is 1.50. The predicted molar refractivity (Wildman–Crippen MR) is 102 cm³/mol. The standard InChI is InChI=1S/C19H25N3O4S/c1-3-22-15(23)11-20(2)18(25)16-13-4-7-21(10-14(13)27-19(16)22)17(24)12-5-8-26-9-6-12/h12H,3-11H2,1-2H3. The topological polar surface area (TPSA) is 70.2 Å². The number of thiophene rings is 1. The van der Waals surface area contributed by atoms with Crippen LogP contribution >= 0.6 is 11.3 Å². The number of nitrogens with zero attached hydrogens (tertiary/aromatic N) is 3. The van der Waals surface area contributed by atoms with Crippen molar-refractivity contribution in [2.24, 2.45) is 5.92 Å². The molecule has 7 nitrogen and oxygen atoms in total. The Morgan fingerprint density at radius 2 is 1.96 bits per heavy atom. The van der Waals surface area contributed by atoms with Crippen LogP contribution in [0.4, 0.5) is 5.00 Å². The van der Waals surface area contributed by atoms with Crippen LogP contribution in [-0.2, 0) is 27.3 Å². The minimum absolute atomic E-state index is 0.0413. The molecular weight excluding hydrogens is 366 g/mol. The van der Waals surface area contributed by atoms with Gasteiger partial charge in [-0.25, -0.2) is 0 Å². The summed E-state index contributed by atoms with van der Waals surface area (Å²) < 4.78 is 5.37. The van der Waals surface area contributed by atoms with Gasteiger partial charge in [0.15, 0.2) is 0 Å². The number of anilines is 1. The van der Waals surface area contributed by atoms with Gasteiger partial charge in [0.25, 0.3) is 5.91 Å². The maximum Gasteiger partial charge on any atom is 0.257 e. The molecule has 0 N–H and O–H groups in total. The maximum absolute atomic E-state index is 12.9. The molecule has 1 aromatic heterocycles. The van der Waals surface area contributed by atoms with Crippen molar-refractivity contribution in [3.8, 4) is 0 Å². The predicted octanol–water partition coefficient (Wildman–Crippen LogP) is 1.50. The van der Waals surface area contributed by atoms with Crippen molar-refractivity contribution in [2.75, 3.05) is 44.8 Å². The van der Waals surface area contributed by atoms with E-state index in [0.717, 1.165) is 28.3 Å². The van der Waals surface area contributed by atoms with E-state index in [4.69, 9.17) is 4.74 Å². The van der Waals surface area contributed by atoms with E-state index in [9.17, 15) is 14.4 Å². The molecular formula is C19H25N3O4S. The molecule has 3 amide bonds. The number of ether oxygens (including phenoxy) is 1. The number of likely N-dealkylation sites (N-methyl/N-ethyl adjacent to an activating group) is 2. The summed E-state index contributed by atoms with van der Waals surface area (Å²) in [7, 11) is 1.68. The van der Waals surface area contributed by atoms with Gasteiger partial charge in [0.2, 0.25) is 11.8 Å². The van der Waals surface area contributed by atoms with Crippen molar-refractivity contribution in [1.29, 1.82) is 0 Å². The van der Waals surface area contributed by atoms with Gasteiger partial charge in [0, 0.05) is 44.1 Å². The number of hydrogen-bond donors (Lipinski definition) is 0. The third-order valence-electron chi connectivity index (χ3n) is 5.72. The second kappa shape index (κ2) is 7.24. The molecule has 1 aromatic rings. The van der Waals surface area contributed by atoms with Crippen molar-refractivity contribution < 1.29 is 19.1 Å². The highest BCUT2D eigenvalue weighted by Gasteiger charge is 2.37. The number of fused-ring (bicyclic) bond motifs is 3. The van der Waals surface area contributed by atoms with Crippen molar-refractivity contribution >= 4 is 34.1 Å². The molecule has 27 heavy (non-hydrogen) atoms. The first-order chi connectivity index (χ1) is 13.0. The van der Waals surface area contributed by atoms with Crippen molar-refractivity contribution in [3.63, 3.8) is 0 Å². The van der Waals surface area contributed by atoms with Gasteiger partial charge in [0.1, 0.15) is 11.5 Å². The summed E-state index contributed by atoms with van der Waals surface area (Å²) in [6.07, 6.45) is 2.23. The smallest absolute Gasteiger partial charge is 0.257 e. The average molecular weight is 391 g/mol. The lowest BCUT2D eigenvalue weighted by Crippen LogP contribution is -2.41. The molecule has 146 valence electrons. The Morgan fingerprint density at radius 3 is 2.67 bits per heavy atom. The van der Waals surface area contributed by atoms with Crippen molar-refractivity contribution in [1.82, 2.24) is 9.80 Å². The summed E-state index contributed by atoms with van der Waals surface area (Å²) in [6, 6.07) is 0. The van der Waals surface area contributed by atoms with Gasteiger partial charge in [-0.05, 0) is 31.7 Å². The molecule has 0 aromatic carbocycles. The van der Waals surface area contributed by atoms with Gasteiger partial charge < -0.3 is 19.4 Å². The fourth-order valence-electron chi connectivity index (χ4n) is 4.17. The lowest BCUT2D eigenvalue weighted by molar-refractivity contribution is -0.139. The van der Waals surface area contributed by atoms with Crippen molar-refractivity contribution in [2.45, 2.75) is 32.7 Å². The van der Waals surface area contributed by atoms with Crippen LogP contribution in [0.1, 0.15) is 40.6 Å². The Balaban J connectivity index is 1.64. The molecule has 0 atom stereocenters. The molecule has 0 bridgehead atoms. The zero-order valence-corrected chi connectivity index (χ0v) is 16.6. The van der Waals surface area contributed by atoms with Crippen LogP contribution in [0.3, 0.4) is 0 Å². The largest absolute Gasteiger partial charge is 0.381 e. The maximum atomic E-state index is 12.9. The second-order valence-electron chi connectivity index (χ2n) is 7.38. The van der Waals surface area contributed by atoms with Crippen molar-refractivity contribution in [3.05, 3.63) is 16.0 Å². The van der Waals surface area contributed by atoms with E-state index in [1.807, 2.05) is 11.8 Å². The SMILES string of the molecule is CCN1C(=O)CN(C)C(=O)c2c1sc1c2CCN(C(=O)C2CCOCC2)C1. The minimum Gasteiger partial charge on any atom is -0.381 e. The second-order valence-corrected chi connectivity index (χ2v) is 8.46. The Labute approximate surface area is 162 Å². The van der Waals surface area contributed by atoms with E-state index in [1.165, 1.54) is 16.2 Å². The first kappa shape index (κ1) is 18.4. The van der Waals surface area contributed by atoms with E-state index in [-0.39, 0.29) is 30.2 Å². The van der Waals surface area contributed by atoms with Gasteiger partial charge >= 0.3 is 0 Å². The minimum atomic E-state index is -0.0870. The first-order valence-corrected chi connectivity index (χ1v) is 10.4. The molecule has 3 aliphatic heterocycles. The summed E-state index contributed by atoms with van der Waals surface area (Å²) in [5.74, 6) is 0.0934. The highest BCUT2D eigenvalue weighted by molar-refractivity contribution is 7.17. The van der Waals surface area contributed by atoms with Crippen LogP contribution in [0.2, 0.25) is 0 Å². The molecule has 4 rings (SSSR count). The van der Waals surface area contributed by atoms with Gasteiger partial charge in [-0.2, -0.15) is 0 Å². The number of hydrogen-bond acceptors (Lipinski definition) is 5. The van der Waals surface area contributed by atoms with Gasteiger partial charge in [0.05, 0.1) is 12.1 Å². The first-order valence-electron chi connectivity index (χ1n) is 9.58. The lowest BCUT2D eigenvalue weighted by Gasteiger charge is -2.32. The molecule has 0 saturated carbocycles. The molecule has 0 radical (unpaired) electrons. The van der Waals surface area contributed by atoms with Gasteiger partial charge in [-0.1, -0.05) is 0 Å². The molecule has 3 aliphatic rings. The molecule has 0 spiro atoms. The summed E-state index contributed by atoms with van der Waals surface area (Å²) in [4.78, 5) is 44.5. The Bertz CT molecular complexity index is 784. The van der Waals surface area contributed by atoms with Crippen LogP contribution in [0.15, 0.2) is 0 Å². The molecule has 1 saturated heterocycles. The fourth-order valence-corrected chi connectivity index (χ4v) is 5.61. The average Bonchev–Trinajstić information content (AvgIpc) is 3.02. The zero-order chi connectivity index (χ0) is 19.1. The monoisotopic (exact) mass is 391 g/mol. The van der Waals surface area contributed by atoms with E-state index in [1.54, 1.807) is 11.9 Å². The number of carbonyl (C=O) groups excluding carboxylic acids is 3. The van der Waals surface area contributed by atoms with E-state index < -0.39 is 0 Å². The van der Waals surface area contributed by atoms with E-state index in [2.05, 4.69) is 0 Å². The zero-order valence-electron chi connectivity index (χ0n) is 15.8. The van der Waals surface area contributed by atoms with Crippen LogP contribution in [0, 0.1) is 5.92 Å². The van der Waals surface area contributed by atoms with Crippen LogP contribution < -0.4 is 4.90 Å². The van der Waals surface area contributed by atoms with E-state index >= 15 is 0 Å². The fraction of sp³-hybridized carbons (Fsp3) is 0.632. The normalized spacial score (nSPS) is 21.2. The quantitative estimate of drug-likeness (QED) is 0.766. The van der Waals surface area contributed by atoms with Crippen LogP contribution in [0.25, 0.3) is 0 Å². The summed E-state index contributed by atoms with van der Waals surface area (Å²) in [5.41, 5.74) is 1.69. The third-order valence-corrected chi connectivity index (χ3v) is 6.96. The van der Waals surface area contributed by atoms with E-state index in [0.29, 0.717) is 44.8 Å². The Morgan fingerprint density at radius 1 is 1.22 bits per heavy atom. The molecule has 4 heterocycles. The molecule has 1 fully saturated rings. The third kappa shape index (κ3) is 3.14.